The third-order valence-corrected chi connectivity index (χ3v) is 5.63. The van der Waals surface area contributed by atoms with E-state index in [1.165, 1.54) is 6.07 Å². The zero-order valence-corrected chi connectivity index (χ0v) is 18.1. The van der Waals surface area contributed by atoms with Crippen molar-refractivity contribution in [1.82, 2.24) is 25.4 Å². The van der Waals surface area contributed by atoms with Crippen LogP contribution in [0.4, 0.5) is 4.39 Å². The maximum absolute atomic E-state index is 14.1. The van der Waals surface area contributed by atoms with E-state index in [0.717, 1.165) is 44.1 Å². The largest absolute Gasteiger partial charge is 0.353 e. The van der Waals surface area contributed by atoms with Gasteiger partial charge >= 0.3 is 0 Å². The van der Waals surface area contributed by atoms with Gasteiger partial charge in [0.1, 0.15) is 18.0 Å². The number of halogens is 3. The highest BCUT2D eigenvalue weighted by Crippen LogP contribution is 2.45. The fourth-order valence-corrected chi connectivity index (χ4v) is 4.08. The Labute approximate surface area is 180 Å². The molecule has 1 aliphatic carbocycles. The van der Waals surface area contributed by atoms with E-state index in [1.54, 1.807) is 25.5 Å². The number of hydrogen-bond donors (Lipinski definition) is 2. The minimum absolute atomic E-state index is 0. The molecule has 0 spiro atoms. The maximum Gasteiger partial charge on any atom is 0.193 e. The normalized spacial score (nSPS) is 23.1. The van der Waals surface area contributed by atoms with Gasteiger partial charge in [0.2, 0.25) is 0 Å². The van der Waals surface area contributed by atoms with Gasteiger partial charge in [0.05, 0.1) is 0 Å². The molecule has 1 aromatic carbocycles. The molecule has 6 nitrogen and oxygen atoms in total. The van der Waals surface area contributed by atoms with Gasteiger partial charge in [-0.1, -0.05) is 17.7 Å². The monoisotopic (exact) mass is 504 g/mol. The number of aromatic nitrogens is 3. The number of nitrogens with one attached hydrogen (secondary N) is 2. The van der Waals surface area contributed by atoms with Gasteiger partial charge in [0, 0.05) is 48.6 Å². The fraction of sp³-hybridized carbons (Fsp3) is 0.500. The number of likely N-dealkylation sites (tertiary alicyclic amines) is 1. The summed E-state index contributed by atoms with van der Waals surface area (Å²) in [6.45, 7) is 1.81. The summed E-state index contributed by atoms with van der Waals surface area (Å²) in [6, 6.07) is 5.04. The van der Waals surface area contributed by atoms with Crippen LogP contribution >= 0.6 is 35.6 Å². The first-order valence-corrected chi connectivity index (χ1v) is 9.32. The van der Waals surface area contributed by atoms with Crippen molar-refractivity contribution in [1.29, 1.82) is 0 Å². The molecule has 1 aliphatic heterocycles. The number of H-pyrrole nitrogens is 1. The summed E-state index contributed by atoms with van der Waals surface area (Å²) in [5.41, 5.74) is 0.617. The molecule has 1 saturated heterocycles. The van der Waals surface area contributed by atoms with Crippen molar-refractivity contribution in [2.24, 2.45) is 4.99 Å². The summed E-state index contributed by atoms with van der Waals surface area (Å²) in [7, 11) is 1.79. The van der Waals surface area contributed by atoms with E-state index in [1.807, 2.05) is 0 Å². The molecule has 2 aromatic rings. The van der Waals surface area contributed by atoms with Crippen molar-refractivity contribution in [3.05, 3.63) is 46.8 Å². The molecular formula is C18H23ClFIN6. The molecule has 2 heterocycles. The zero-order valence-electron chi connectivity index (χ0n) is 15.0. The zero-order chi connectivity index (χ0) is 18.1. The second-order valence-electron chi connectivity index (χ2n) is 6.91. The molecular weight excluding hydrogens is 482 g/mol. The molecule has 2 aliphatic rings. The van der Waals surface area contributed by atoms with Gasteiger partial charge in [0.15, 0.2) is 5.96 Å². The summed E-state index contributed by atoms with van der Waals surface area (Å²) < 4.78 is 14.1. The highest BCUT2D eigenvalue weighted by molar-refractivity contribution is 14.0. The Morgan fingerprint density at radius 2 is 2.15 bits per heavy atom. The van der Waals surface area contributed by atoms with Crippen molar-refractivity contribution in [2.45, 2.75) is 37.1 Å². The predicted molar refractivity (Wildman–Crippen MR) is 114 cm³/mol. The first kappa shape index (κ1) is 20.3. The van der Waals surface area contributed by atoms with E-state index < -0.39 is 0 Å². The Bertz CT molecular complexity index is 771. The van der Waals surface area contributed by atoms with Crippen LogP contribution in [-0.4, -0.2) is 52.2 Å². The van der Waals surface area contributed by atoms with Crippen molar-refractivity contribution in [2.75, 3.05) is 20.1 Å². The molecule has 4 rings (SSSR count). The number of aliphatic imine (C=N–C) groups is 1. The third kappa shape index (κ3) is 4.37. The second kappa shape index (κ2) is 8.72. The molecule has 0 radical (unpaired) electrons. The Morgan fingerprint density at radius 3 is 2.78 bits per heavy atom. The SMILES string of the molecule is CN=C(NC1CC1c1c(F)cccc1Cl)N1CCC(c2ncn[nH]2)CC1.I. The van der Waals surface area contributed by atoms with Crippen molar-refractivity contribution in [3.63, 3.8) is 0 Å². The van der Waals surface area contributed by atoms with Crippen LogP contribution in [0.1, 0.15) is 42.5 Å². The third-order valence-electron chi connectivity index (χ3n) is 5.30. The number of guanidine groups is 1. The van der Waals surface area contributed by atoms with Crippen molar-refractivity contribution >= 4 is 41.5 Å². The van der Waals surface area contributed by atoms with Gasteiger partial charge in [-0.05, 0) is 31.4 Å². The van der Waals surface area contributed by atoms with E-state index in [2.05, 4.69) is 30.4 Å². The lowest BCUT2D eigenvalue weighted by Crippen LogP contribution is -2.46. The average Bonchev–Trinajstić information content (AvgIpc) is 3.17. The highest BCUT2D eigenvalue weighted by Gasteiger charge is 2.42. The lowest BCUT2D eigenvalue weighted by Gasteiger charge is -2.33. The van der Waals surface area contributed by atoms with E-state index in [-0.39, 0.29) is 41.8 Å². The number of aromatic amines is 1. The summed E-state index contributed by atoms with van der Waals surface area (Å²) in [6.07, 6.45) is 4.43. The van der Waals surface area contributed by atoms with E-state index >= 15 is 0 Å². The Kier molecular flexibility index (Phi) is 6.56. The molecule has 2 N–H and O–H groups in total. The van der Waals surface area contributed by atoms with E-state index in [0.29, 0.717) is 16.5 Å². The van der Waals surface area contributed by atoms with Crippen LogP contribution in [0.25, 0.3) is 0 Å². The molecule has 1 saturated carbocycles. The molecule has 2 unspecified atom stereocenters. The van der Waals surface area contributed by atoms with Crippen LogP contribution in [0.5, 0.6) is 0 Å². The average molecular weight is 505 g/mol. The van der Waals surface area contributed by atoms with Gasteiger partial charge in [-0.2, -0.15) is 5.10 Å². The van der Waals surface area contributed by atoms with E-state index in [4.69, 9.17) is 11.6 Å². The summed E-state index contributed by atoms with van der Waals surface area (Å²) >= 11 is 6.19. The first-order valence-electron chi connectivity index (χ1n) is 8.94. The van der Waals surface area contributed by atoms with Crippen LogP contribution in [0.3, 0.4) is 0 Å². The van der Waals surface area contributed by atoms with Crippen LogP contribution in [-0.2, 0) is 0 Å². The fourth-order valence-electron chi connectivity index (χ4n) is 3.78. The molecule has 2 atom stereocenters. The number of piperidine rings is 1. The predicted octanol–water partition coefficient (Wildman–Crippen LogP) is 3.53. The molecule has 27 heavy (non-hydrogen) atoms. The number of hydrogen-bond acceptors (Lipinski definition) is 3. The summed E-state index contributed by atoms with van der Waals surface area (Å²) in [4.78, 5) is 10.9. The maximum atomic E-state index is 14.1. The second-order valence-corrected chi connectivity index (χ2v) is 7.31. The Balaban J connectivity index is 0.00000210. The lowest BCUT2D eigenvalue weighted by molar-refractivity contribution is 0.298. The van der Waals surface area contributed by atoms with Crippen LogP contribution < -0.4 is 5.32 Å². The number of nitrogens with zero attached hydrogens (tertiary/aromatic N) is 4. The Hall–Kier alpha value is -1.42. The molecule has 9 heteroatoms. The highest BCUT2D eigenvalue weighted by atomic mass is 127. The quantitative estimate of drug-likeness (QED) is 0.381. The molecule has 0 amide bonds. The van der Waals surface area contributed by atoms with Gasteiger partial charge in [-0.15, -0.1) is 24.0 Å². The van der Waals surface area contributed by atoms with E-state index in [9.17, 15) is 4.39 Å². The van der Waals surface area contributed by atoms with Crippen molar-refractivity contribution in [3.8, 4) is 0 Å². The lowest BCUT2D eigenvalue weighted by atomic mass is 9.96. The van der Waals surface area contributed by atoms with Crippen molar-refractivity contribution < 1.29 is 4.39 Å². The van der Waals surface area contributed by atoms with Crippen LogP contribution in [0, 0.1) is 5.82 Å². The summed E-state index contributed by atoms with van der Waals surface area (Å²) in [5, 5.41) is 10.9. The smallest absolute Gasteiger partial charge is 0.193 e. The topological polar surface area (TPSA) is 69.2 Å². The standard InChI is InChI=1S/C18H22ClFN6.HI/c1-21-18(26-7-5-11(6-8-26)17-22-10-23-25-17)24-15-9-12(15)16-13(19)3-2-4-14(16)20;/h2-4,10-12,15H,5-9H2,1H3,(H,21,24)(H,22,23,25);1H. The number of benzene rings is 1. The van der Waals surface area contributed by atoms with Gasteiger partial charge in [-0.3, -0.25) is 10.1 Å². The first-order chi connectivity index (χ1) is 12.7. The van der Waals surface area contributed by atoms with Crippen LogP contribution in [0.2, 0.25) is 5.02 Å². The molecule has 2 fully saturated rings. The number of rotatable bonds is 3. The molecule has 1 aromatic heterocycles. The Morgan fingerprint density at radius 1 is 1.37 bits per heavy atom. The molecule has 0 bridgehead atoms. The summed E-state index contributed by atoms with van der Waals surface area (Å²) in [5.74, 6) is 2.13. The minimum atomic E-state index is -0.227. The van der Waals surface area contributed by atoms with Crippen LogP contribution in [0.15, 0.2) is 29.5 Å². The van der Waals surface area contributed by atoms with Gasteiger partial charge in [-0.25, -0.2) is 9.37 Å². The molecule has 146 valence electrons. The van der Waals surface area contributed by atoms with Gasteiger partial charge in [0.25, 0.3) is 0 Å². The minimum Gasteiger partial charge on any atom is -0.353 e. The van der Waals surface area contributed by atoms with Gasteiger partial charge < -0.3 is 10.2 Å².